The van der Waals surface area contributed by atoms with Gasteiger partial charge < -0.3 is 26.0 Å². The molecule has 0 fully saturated rings. The predicted octanol–water partition coefficient (Wildman–Crippen LogP) is 1.61. The Morgan fingerprint density at radius 3 is 2.55 bits per heavy atom. The number of carbonyl (C=O) groups is 3. The summed E-state index contributed by atoms with van der Waals surface area (Å²) in [6, 6.07) is -0.848. The predicted molar refractivity (Wildman–Crippen MR) is 126 cm³/mol. The van der Waals surface area contributed by atoms with Crippen LogP contribution < -0.4 is 16.4 Å². The molecule has 1 rings (SSSR count). The molecule has 0 aliphatic heterocycles. The molecule has 0 spiro atoms. The molecule has 6 N–H and O–H groups in total. The highest BCUT2D eigenvalue weighted by Gasteiger charge is 2.32. The zero-order valence-corrected chi connectivity index (χ0v) is 20.8. The Morgan fingerprint density at radius 1 is 1.36 bits per heavy atom. The lowest BCUT2D eigenvalue weighted by Gasteiger charge is -2.32. The first-order valence-corrected chi connectivity index (χ1v) is 11.9. The second kappa shape index (κ2) is 13.6. The zero-order valence-electron chi connectivity index (χ0n) is 19.2. The number of nitrogens with one attached hydrogen (secondary N) is 2. The maximum Gasteiger partial charge on any atom is 0.355 e. The van der Waals surface area contributed by atoms with Gasteiger partial charge in [-0.3, -0.25) is 14.9 Å². The van der Waals surface area contributed by atoms with E-state index in [9.17, 15) is 19.5 Å². The van der Waals surface area contributed by atoms with E-state index in [1.807, 2.05) is 0 Å². The van der Waals surface area contributed by atoms with E-state index >= 15 is 0 Å². The lowest BCUT2D eigenvalue weighted by Crippen LogP contribution is -2.59. The van der Waals surface area contributed by atoms with Crippen molar-refractivity contribution in [2.75, 3.05) is 5.88 Å². The van der Waals surface area contributed by atoms with Crippen molar-refractivity contribution in [2.24, 2.45) is 11.7 Å². The Labute approximate surface area is 202 Å². The second-order valence-corrected chi connectivity index (χ2v) is 9.73. The van der Waals surface area contributed by atoms with Crippen molar-refractivity contribution in [1.82, 2.24) is 15.6 Å². The van der Waals surface area contributed by atoms with Crippen molar-refractivity contribution in [3.05, 3.63) is 28.2 Å². The summed E-state index contributed by atoms with van der Waals surface area (Å²) < 4.78 is 5.56. The summed E-state index contributed by atoms with van der Waals surface area (Å²) in [6.45, 7) is 6.88. The number of nitrogens with two attached hydrogens (primary N) is 1. The van der Waals surface area contributed by atoms with Crippen LogP contribution >= 0.6 is 22.9 Å². The number of thiazole rings is 1. The number of aliphatic hydroxyl groups is 1. The van der Waals surface area contributed by atoms with Gasteiger partial charge in [-0.15, -0.1) is 22.9 Å². The summed E-state index contributed by atoms with van der Waals surface area (Å²) in [4.78, 5) is 40.1. The van der Waals surface area contributed by atoms with Crippen molar-refractivity contribution in [2.45, 2.75) is 71.0 Å². The van der Waals surface area contributed by atoms with Crippen LogP contribution in [0.3, 0.4) is 0 Å². The van der Waals surface area contributed by atoms with Crippen LogP contribution in [-0.4, -0.2) is 62.8 Å². The first-order valence-electron chi connectivity index (χ1n) is 10.5. The van der Waals surface area contributed by atoms with E-state index in [1.165, 1.54) is 5.38 Å². The Morgan fingerprint density at radius 2 is 2.03 bits per heavy atom. The number of esters is 1. The number of hydrogen-bond donors (Lipinski definition) is 5. The number of carbonyl (C=O) groups excluding carboxylic acids is 2. The van der Waals surface area contributed by atoms with Crippen LogP contribution in [0.25, 0.3) is 0 Å². The second-order valence-electron chi connectivity index (χ2n) is 8.41. The molecule has 0 saturated heterocycles. The van der Waals surface area contributed by atoms with Crippen LogP contribution in [0.2, 0.25) is 0 Å². The molecule has 33 heavy (non-hydrogen) atoms. The fourth-order valence-corrected chi connectivity index (χ4v) is 3.35. The smallest absolute Gasteiger partial charge is 0.355 e. The van der Waals surface area contributed by atoms with E-state index in [1.54, 1.807) is 39.8 Å². The molecule has 0 saturated carbocycles. The van der Waals surface area contributed by atoms with Crippen LogP contribution in [0.4, 0.5) is 0 Å². The number of halogens is 1. The Balaban J connectivity index is 2.80. The van der Waals surface area contributed by atoms with E-state index in [0.29, 0.717) is 17.3 Å². The highest BCUT2D eigenvalue weighted by Crippen LogP contribution is 2.13. The molecule has 0 bridgehead atoms. The van der Waals surface area contributed by atoms with Gasteiger partial charge in [0.15, 0.2) is 5.69 Å². The van der Waals surface area contributed by atoms with E-state index in [2.05, 4.69) is 15.6 Å². The number of aromatic carboxylic acids is 1. The third kappa shape index (κ3) is 10.6. The number of ether oxygens (including phenoxy) is 1. The molecular formula is C21H33ClN4O6S. The van der Waals surface area contributed by atoms with Crippen molar-refractivity contribution in [1.29, 1.82) is 0 Å². The van der Waals surface area contributed by atoms with Crippen LogP contribution in [0, 0.1) is 5.92 Å². The van der Waals surface area contributed by atoms with Gasteiger partial charge in [0.1, 0.15) is 23.4 Å². The Kier molecular flexibility index (Phi) is 12.0. The monoisotopic (exact) mass is 504 g/mol. The van der Waals surface area contributed by atoms with Crippen molar-refractivity contribution >= 4 is 40.8 Å². The van der Waals surface area contributed by atoms with Crippen LogP contribution in [0.1, 0.15) is 56.0 Å². The van der Waals surface area contributed by atoms with Crippen LogP contribution in [0.5, 0.6) is 0 Å². The highest BCUT2D eigenvalue weighted by atomic mass is 35.5. The Hall–Kier alpha value is -2.05. The average molecular weight is 505 g/mol. The summed E-state index contributed by atoms with van der Waals surface area (Å²) in [6.07, 6.45) is 1.66. The number of carboxylic acids is 1. The molecule has 1 amide bonds. The number of hydrogen-bond acceptors (Lipinski definition) is 9. The molecule has 0 aliphatic rings. The first kappa shape index (κ1) is 29.0. The van der Waals surface area contributed by atoms with Crippen molar-refractivity contribution in [3.8, 4) is 0 Å². The molecule has 0 radical (unpaired) electrons. The summed E-state index contributed by atoms with van der Waals surface area (Å²) in [7, 11) is 0. The van der Waals surface area contributed by atoms with E-state index in [4.69, 9.17) is 27.2 Å². The number of carboxylic acid groups (broad SMARTS) is 1. The highest BCUT2D eigenvalue weighted by molar-refractivity contribution is 7.09. The topological polar surface area (TPSA) is 164 Å². The van der Waals surface area contributed by atoms with Gasteiger partial charge >= 0.3 is 11.9 Å². The molecule has 12 heteroatoms. The van der Waals surface area contributed by atoms with Gasteiger partial charge in [0, 0.05) is 16.8 Å². The fourth-order valence-electron chi connectivity index (χ4n) is 2.52. The van der Waals surface area contributed by atoms with Crippen LogP contribution in [0.15, 0.2) is 17.5 Å². The number of aromatic nitrogens is 1. The number of allylic oxidation sites excluding steroid dienone is 1. The normalized spacial score (nSPS) is 14.8. The van der Waals surface area contributed by atoms with Crippen LogP contribution in [-0.2, 0) is 20.9 Å². The van der Waals surface area contributed by atoms with Gasteiger partial charge in [-0.25, -0.2) is 9.78 Å². The van der Waals surface area contributed by atoms with Gasteiger partial charge in [0.05, 0.1) is 13.0 Å². The number of nitrogens with zero attached hydrogens (tertiary/aromatic N) is 1. The molecule has 3 atom stereocenters. The Bertz CT molecular complexity index is 824. The lowest BCUT2D eigenvalue weighted by molar-refractivity contribution is -0.153. The molecule has 1 heterocycles. The van der Waals surface area contributed by atoms with Gasteiger partial charge in [0.25, 0.3) is 0 Å². The molecule has 0 aliphatic carbocycles. The van der Waals surface area contributed by atoms with E-state index in [0.717, 1.165) is 11.3 Å². The standard InChI is InChI=1S/C21H33ClN4O6S/c1-12(2)17(26-20(31)21(3,4)23)19(30)32-13(7-5-6-8-22)9-15(27)24-10-16-25-14(11-33-16)18(28)29/h5,7,11-13,17,20,26,31H,6,8-10,23H2,1-4H3,(H,24,27)(H,28,29)/b7-5+/t13-,17+,20?/m1/s1. The third-order valence-electron chi connectivity index (χ3n) is 4.45. The third-order valence-corrected chi connectivity index (χ3v) is 5.52. The number of rotatable bonds is 14. The van der Waals surface area contributed by atoms with Crippen molar-refractivity contribution < 1.29 is 29.3 Å². The number of alkyl halides is 1. The van der Waals surface area contributed by atoms with Gasteiger partial charge in [-0.2, -0.15) is 0 Å². The minimum Gasteiger partial charge on any atom is -0.476 e. The quantitative estimate of drug-likeness (QED) is 0.109. The largest absolute Gasteiger partial charge is 0.476 e. The molecule has 1 aromatic heterocycles. The van der Waals surface area contributed by atoms with Crippen molar-refractivity contribution in [3.63, 3.8) is 0 Å². The average Bonchev–Trinajstić information content (AvgIpc) is 3.18. The SMILES string of the molecule is CC(C)[C@H](NC(O)C(C)(C)N)C(=O)O[C@H](/C=C/CCCl)CC(=O)NCc1nc(C(=O)O)cs1. The maximum absolute atomic E-state index is 12.8. The lowest BCUT2D eigenvalue weighted by atomic mass is 10.00. The minimum absolute atomic E-state index is 0.0524. The molecule has 186 valence electrons. The number of aliphatic hydroxyl groups excluding tert-OH is 1. The molecule has 1 aromatic rings. The molecule has 1 unspecified atom stereocenters. The first-order chi connectivity index (χ1) is 15.3. The van der Waals surface area contributed by atoms with Gasteiger partial charge in [0.2, 0.25) is 5.91 Å². The molecule has 0 aromatic carbocycles. The zero-order chi connectivity index (χ0) is 25.2. The van der Waals surface area contributed by atoms with Gasteiger partial charge in [-0.1, -0.05) is 19.9 Å². The maximum atomic E-state index is 12.8. The van der Waals surface area contributed by atoms with E-state index < -0.39 is 41.8 Å². The molecule has 10 nitrogen and oxygen atoms in total. The van der Waals surface area contributed by atoms with Gasteiger partial charge in [-0.05, 0) is 32.3 Å². The summed E-state index contributed by atoms with van der Waals surface area (Å²) >= 11 is 6.81. The summed E-state index contributed by atoms with van der Waals surface area (Å²) in [5, 5.41) is 26.4. The summed E-state index contributed by atoms with van der Waals surface area (Å²) in [5.74, 6) is -2.03. The minimum atomic E-state index is -1.15. The summed E-state index contributed by atoms with van der Waals surface area (Å²) in [5.41, 5.74) is 4.83. The fraction of sp³-hybridized carbons (Fsp3) is 0.619. The molecular weight excluding hydrogens is 472 g/mol. The number of amides is 1. The van der Waals surface area contributed by atoms with E-state index in [-0.39, 0.29) is 24.6 Å².